The summed E-state index contributed by atoms with van der Waals surface area (Å²) < 4.78 is 5.93. The average molecular weight is 324 g/mol. The van der Waals surface area contributed by atoms with Crippen molar-refractivity contribution < 1.29 is 9.53 Å². The highest BCUT2D eigenvalue weighted by Crippen LogP contribution is 2.29. The smallest absolute Gasteiger partial charge is 0.226 e. The molecule has 1 saturated heterocycles. The fourth-order valence-corrected chi connectivity index (χ4v) is 3.05. The highest BCUT2D eigenvalue weighted by Gasteiger charge is 2.22. The molecule has 2 aromatic rings. The zero-order valence-corrected chi connectivity index (χ0v) is 14.1. The Morgan fingerprint density at radius 2 is 1.92 bits per heavy atom. The maximum atomic E-state index is 12.4. The molecule has 0 unspecified atom stereocenters. The van der Waals surface area contributed by atoms with E-state index in [1.165, 1.54) is 0 Å². The minimum absolute atomic E-state index is 0.168. The lowest BCUT2D eigenvalue weighted by Gasteiger charge is -2.34. The molecule has 1 N–H and O–H groups in total. The molecule has 0 aromatic heterocycles. The van der Waals surface area contributed by atoms with E-state index in [9.17, 15) is 4.79 Å². The van der Waals surface area contributed by atoms with Crippen LogP contribution < -0.4 is 10.1 Å². The molecule has 3 rings (SSSR count). The summed E-state index contributed by atoms with van der Waals surface area (Å²) in [5.74, 6) is 0.992. The zero-order valence-electron chi connectivity index (χ0n) is 14.1. The lowest BCUT2D eigenvalue weighted by Crippen LogP contribution is -2.52. The Morgan fingerprint density at radius 1 is 1.17 bits per heavy atom. The summed E-state index contributed by atoms with van der Waals surface area (Å²) in [6.07, 6.45) is 0.410. The number of benzene rings is 2. The van der Waals surface area contributed by atoms with Crippen molar-refractivity contribution in [3.63, 3.8) is 0 Å². The van der Waals surface area contributed by atoms with Crippen LogP contribution in [0.5, 0.6) is 5.75 Å². The standard InChI is InChI=1S/C20H24N2O2/c1-16-15-21-12-13-22(16)20(23)11-14-24-19-10-6-5-9-18(19)17-7-3-2-4-8-17/h2-10,16,21H,11-15H2,1H3/t16-/m1/s1. The third-order valence-corrected chi connectivity index (χ3v) is 4.37. The predicted octanol–water partition coefficient (Wildman–Crippen LogP) is 2.94. The molecule has 1 heterocycles. The lowest BCUT2D eigenvalue weighted by molar-refractivity contribution is -0.134. The van der Waals surface area contributed by atoms with Crippen molar-refractivity contribution in [2.45, 2.75) is 19.4 Å². The molecule has 1 aliphatic rings. The second-order valence-corrected chi connectivity index (χ2v) is 6.10. The molecule has 4 nitrogen and oxygen atoms in total. The summed E-state index contributed by atoms with van der Waals surface area (Å²) in [6.45, 7) is 4.99. The number of rotatable bonds is 5. The van der Waals surface area contributed by atoms with E-state index in [0.717, 1.165) is 36.5 Å². The molecule has 1 fully saturated rings. The van der Waals surface area contributed by atoms with Crippen LogP contribution in [-0.2, 0) is 4.79 Å². The van der Waals surface area contributed by atoms with Gasteiger partial charge in [-0.05, 0) is 18.6 Å². The highest BCUT2D eigenvalue weighted by molar-refractivity contribution is 5.77. The van der Waals surface area contributed by atoms with Crippen LogP contribution >= 0.6 is 0 Å². The highest BCUT2D eigenvalue weighted by atomic mass is 16.5. The zero-order chi connectivity index (χ0) is 16.8. The third-order valence-electron chi connectivity index (χ3n) is 4.37. The number of carbonyl (C=O) groups excluding carboxylic acids is 1. The van der Waals surface area contributed by atoms with E-state index in [0.29, 0.717) is 13.0 Å². The minimum atomic E-state index is 0.168. The van der Waals surface area contributed by atoms with E-state index in [1.807, 2.05) is 47.4 Å². The van der Waals surface area contributed by atoms with E-state index in [4.69, 9.17) is 4.74 Å². The van der Waals surface area contributed by atoms with E-state index in [-0.39, 0.29) is 11.9 Å². The second kappa shape index (κ2) is 7.97. The van der Waals surface area contributed by atoms with Crippen LogP contribution in [0.3, 0.4) is 0 Å². The van der Waals surface area contributed by atoms with Gasteiger partial charge >= 0.3 is 0 Å². The summed E-state index contributed by atoms with van der Waals surface area (Å²) in [7, 11) is 0. The Balaban J connectivity index is 1.60. The van der Waals surface area contributed by atoms with Gasteiger partial charge in [0.1, 0.15) is 5.75 Å². The van der Waals surface area contributed by atoms with Gasteiger partial charge in [-0.25, -0.2) is 0 Å². The van der Waals surface area contributed by atoms with Crippen LogP contribution in [0.2, 0.25) is 0 Å². The number of hydrogen-bond donors (Lipinski definition) is 1. The Kier molecular flexibility index (Phi) is 5.49. The maximum Gasteiger partial charge on any atom is 0.226 e. The van der Waals surface area contributed by atoms with Gasteiger partial charge in [-0.1, -0.05) is 48.5 Å². The molecule has 1 amide bonds. The molecule has 2 aromatic carbocycles. The van der Waals surface area contributed by atoms with Gasteiger partial charge in [0.2, 0.25) is 5.91 Å². The SMILES string of the molecule is C[C@@H]1CNCCN1C(=O)CCOc1ccccc1-c1ccccc1. The summed E-state index contributed by atoms with van der Waals surface area (Å²) in [6, 6.07) is 18.4. The number of nitrogens with zero attached hydrogens (tertiary/aromatic N) is 1. The van der Waals surface area contributed by atoms with Crippen LogP contribution in [0.4, 0.5) is 0 Å². The number of carbonyl (C=O) groups is 1. The van der Waals surface area contributed by atoms with Crippen molar-refractivity contribution in [2.24, 2.45) is 0 Å². The maximum absolute atomic E-state index is 12.4. The minimum Gasteiger partial charge on any atom is -0.492 e. The molecule has 0 radical (unpaired) electrons. The van der Waals surface area contributed by atoms with E-state index in [1.54, 1.807) is 0 Å². The number of para-hydroxylation sites is 1. The largest absolute Gasteiger partial charge is 0.492 e. The molecule has 24 heavy (non-hydrogen) atoms. The van der Waals surface area contributed by atoms with Gasteiger partial charge in [0, 0.05) is 31.2 Å². The third kappa shape index (κ3) is 3.95. The van der Waals surface area contributed by atoms with Crippen molar-refractivity contribution >= 4 is 5.91 Å². The first-order chi connectivity index (χ1) is 11.8. The normalized spacial score (nSPS) is 17.5. The topological polar surface area (TPSA) is 41.6 Å². The molecule has 0 spiro atoms. The fraction of sp³-hybridized carbons (Fsp3) is 0.350. The number of nitrogens with one attached hydrogen (secondary N) is 1. The van der Waals surface area contributed by atoms with Crippen LogP contribution in [0.1, 0.15) is 13.3 Å². The monoisotopic (exact) mass is 324 g/mol. The van der Waals surface area contributed by atoms with Crippen molar-refractivity contribution in [1.82, 2.24) is 10.2 Å². The summed E-state index contributed by atoms with van der Waals surface area (Å²) in [5.41, 5.74) is 2.18. The first-order valence-electron chi connectivity index (χ1n) is 8.53. The summed E-state index contributed by atoms with van der Waals surface area (Å²) in [5, 5.41) is 3.30. The average Bonchev–Trinajstić information content (AvgIpc) is 2.63. The van der Waals surface area contributed by atoms with Crippen LogP contribution in [0.15, 0.2) is 54.6 Å². The van der Waals surface area contributed by atoms with Crippen molar-refractivity contribution in [3.05, 3.63) is 54.6 Å². The molecular formula is C20H24N2O2. The van der Waals surface area contributed by atoms with Gasteiger partial charge in [-0.3, -0.25) is 4.79 Å². The van der Waals surface area contributed by atoms with Crippen LogP contribution in [0.25, 0.3) is 11.1 Å². The van der Waals surface area contributed by atoms with Gasteiger partial charge in [0.15, 0.2) is 0 Å². The predicted molar refractivity (Wildman–Crippen MR) is 96.0 cm³/mol. The molecule has 0 aliphatic carbocycles. The van der Waals surface area contributed by atoms with Gasteiger partial charge in [-0.2, -0.15) is 0 Å². The Hall–Kier alpha value is -2.33. The van der Waals surface area contributed by atoms with Gasteiger partial charge in [0.25, 0.3) is 0 Å². The fourth-order valence-electron chi connectivity index (χ4n) is 3.05. The van der Waals surface area contributed by atoms with Gasteiger partial charge in [-0.15, -0.1) is 0 Å². The van der Waals surface area contributed by atoms with Crippen molar-refractivity contribution in [1.29, 1.82) is 0 Å². The van der Waals surface area contributed by atoms with Crippen molar-refractivity contribution in [2.75, 3.05) is 26.2 Å². The number of amides is 1. The molecule has 1 aliphatic heterocycles. The van der Waals surface area contributed by atoms with E-state index >= 15 is 0 Å². The quantitative estimate of drug-likeness (QED) is 0.919. The van der Waals surface area contributed by atoms with Crippen LogP contribution in [-0.4, -0.2) is 43.1 Å². The Labute approximate surface area is 143 Å². The summed E-state index contributed by atoms with van der Waals surface area (Å²) in [4.78, 5) is 14.3. The van der Waals surface area contributed by atoms with Crippen molar-refractivity contribution in [3.8, 4) is 16.9 Å². The first kappa shape index (κ1) is 16.5. The number of piperazine rings is 1. The van der Waals surface area contributed by atoms with E-state index in [2.05, 4.69) is 24.4 Å². The summed E-state index contributed by atoms with van der Waals surface area (Å²) >= 11 is 0. The molecule has 0 saturated carbocycles. The number of ether oxygens (including phenoxy) is 1. The molecule has 1 atom stereocenters. The number of hydrogen-bond acceptors (Lipinski definition) is 3. The second-order valence-electron chi connectivity index (χ2n) is 6.10. The Morgan fingerprint density at radius 3 is 2.71 bits per heavy atom. The van der Waals surface area contributed by atoms with E-state index < -0.39 is 0 Å². The first-order valence-corrected chi connectivity index (χ1v) is 8.53. The Bertz CT molecular complexity index is 672. The van der Waals surface area contributed by atoms with Crippen LogP contribution in [0, 0.1) is 0 Å². The molecule has 0 bridgehead atoms. The molecule has 126 valence electrons. The molecule has 4 heteroatoms. The van der Waals surface area contributed by atoms with Gasteiger partial charge in [0.05, 0.1) is 13.0 Å². The molecular weight excluding hydrogens is 300 g/mol. The van der Waals surface area contributed by atoms with Gasteiger partial charge < -0.3 is 15.0 Å². The lowest BCUT2D eigenvalue weighted by atomic mass is 10.1.